The fraction of sp³-hybridized carbons (Fsp3) is 0.333. The third-order valence-corrected chi connectivity index (χ3v) is 3.25. The Labute approximate surface area is 106 Å². The first-order valence-corrected chi connectivity index (χ1v) is 5.83. The summed E-state index contributed by atoms with van der Waals surface area (Å²) in [7, 11) is 0. The lowest BCUT2D eigenvalue weighted by Gasteiger charge is -2.26. The van der Waals surface area contributed by atoms with Crippen molar-refractivity contribution < 1.29 is 19.0 Å². The highest BCUT2D eigenvalue weighted by Gasteiger charge is 2.22. The van der Waals surface area contributed by atoms with Crippen LogP contribution in [0.4, 0.5) is 4.39 Å². The Kier molecular flexibility index (Phi) is 2.63. The molecule has 2 heterocycles. The molecular formula is C12H11FN2O4. The molecule has 1 unspecified atom stereocenters. The highest BCUT2D eigenvalue weighted by molar-refractivity contribution is 5.93. The summed E-state index contributed by atoms with van der Waals surface area (Å²) >= 11 is 0. The van der Waals surface area contributed by atoms with Gasteiger partial charge in [0.2, 0.25) is 0 Å². The number of aromatic carboxylic acids is 1. The van der Waals surface area contributed by atoms with Gasteiger partial charge in [-0.1, -0.05) is 0 Å². The highest BCUT2D eigenvalue weighted by atomic mass is 19.1. The minimum atomic E-state index is -1.24. The van der Waals surface area contributed by atoms with Gasteiger partial charge in [-0.05, 0) is 18.6 Å². The number of nitrogens with one attached hydrogen (secondary N) is 1. The number of halogens is 1. The van der Waals surface area contributed by atoms with Gasteiger partial charge in [0.25, 0.3) is 5.56 Å². The van der Waals surface area contributed by atoms with E-state index in [4.69, 9.17) is 9.84 Å². The van der Waals surface area contributed by atoms with Crippen LogP contribution in [0.2, 0.25) is 0 Å². The fourth-order valence-corrected chi connectivity index (χ4v) is 2.17. The molecule has 0 radical (unpaired) electrons. The predicted molar refractivity (Wildman–Crippen MR) is 63.8 cm³/mol. The third-order valence-electron chi connectivity index (χ3n) is 3.25. The molecule has 0 aliphatic carbocycles. The zero-order valence-corrected chi connectivity index (χ0v) is 9.85. The number of aromatic nitrogens is 2. The quantitative estimate of drug-likeness (QED) is 0.866. The van der Waals surface area contributed by atoms with Gasteiger partial charge in [0.05, 0.1) is 23.7 Å². The van der Waals surface area contributed by atoms with Crippen molar-refractivity contribution in [1.82, 2.24) is 9.78 Å². The summed E-state index contributed by atoms with van der Waals surface area (Å²) in [5, 5.41) is 11.3. The van der Waals surface area contributed by atoms with Crippen LogP contribution in [0.3, 0.4) is 0 Å². The lowest BCUT2D eigenvalue weighted by atomic mass is 10.1. The Morgan fingerprint density at radius 1 is 1.58 bits per heavy atom. The summed E-state index contributed by atoms with van der Waals surface area (Å²) in [6.07, 6.45) is 0.839. The first kappa shape index (κ1) is 11.9. The number of carbonyl (C=O) groups is 1. The smallest absolute Gasteiger partial charge is 0.335 e. The number of ether oxygens (including phenoxy) is 1. The van der Waals surface area contributed by atoms with Crippen LogP contribution in [-0.4, -0.2) is 33.6 Å². The van der Waals surface area contributed by atoms with E-state index >= 15 is 0 Å². The van der Waals surface area contributed by atoms with Crippen molar-refractivity contribution in [3.63, 3.8) is 0 Å². The SMILES string of the molecule is O=C(O)c1cc(F)c2c(=O)[nH]n(CC3CCO3)c2c1. The van der Waals surface area contributed by atoms with Gasteiger partial charge < -0.3 is 9.84 Å². The number of nitrogens with zero attached hydrogens (tertiary/aromatic N) is 1. The first-order valence-electron chi connectivity index (χ1n) is 5.83. The van der Waals surface area contributed by atoms with Gasteiger partial charge >= 0.3 is 5.97 Å². The largest absolute Gasteiger partial charge is 0.478 e. The van der Waals surface area contributed by atoms with Crippen molar-refractivity contribution in [2.75, 3.05) is 6.61 Å². The van der Waals surface area contributed by atoms with E-state index < -0.39 is 17.3 Å². The third kappa shape index (κ3) is 1.91. The molecule has 2 N–H and O–H groups in total. The molecule has 1 fully saturated rings. The van der Waals surface area contributed by atoms with Gasteiger partial charge in [0.15, 0.2) is 0 Å². The number of carboxylic acid groups (broad SMARTS) is 1. The molecule has 7 heteroatoms. The van der Waals surface area contributed by atoms with Gasteiger partial charge in [0.1, 0.15) is 11.2 Å². The number of aromatic amines is 1. The van der Waals surface area contributed by atoms with E-state index in [0.29, 0.717) is 13.2 Å². The van der Waals surface area contributed by atoms with Crippen LogP contribution in [-0.2, 0) is 11.3 Å². The summed E-state index contributed by atoms with van der Waals surface area (Å²) in [6.45, 7) is 1.05. The number of rotatable bonds is 3. The summed E-state index contributed by atoms with van der Waals surface area (Å²) in [6, 6.07) is 2.14. The number of benzene rings is 1. The molecule has 0 bridgehead atoms. The number of hydrogen-bond donors (Lipinski definition) is 2. The van der Waals surface area contributed by atoms with Gasteiger partial charge in [-0.25, -0.2) is 9.18 Å². The van der Waals surface area contributed by atoms with E-state index in [0.717, 1.165) is 12.5 Å². The Bertz CT molecular complexity index is 714. The minimum absolute atomic E-state index is 0.0252. The van der Waals surface area contributed by atoms with Crippen LogP contribution < -0.4 is 5.56 Å². The maximum Gasteiger partial charge on any atom is 0.335 e. The average Bonchev–Trinajstić information content (AvgIpc) is 2.61. The van der Waals surface area contributed by atoms with E-state index in [1.165, 1.54) is 10.7 Å². The predicted octanol–water partition coefficient (Wildman–Crippen LogP) is 0.956. The average molecular weight is 266 g/mol. The van der Waals surface area contributed by atoms with Crippen LogP contribution in [0.1, 0.15) is 16.8 Å². The topological polar surface area (TPSA) is 84.3 Å². The van der Waals surface area contributed by atoms with Gasteiger partial charge in [0, 0.05) is 6.61 Å². The monoisotopic (exact) mass is 266 g/mol. The molecule has 1 aliphatic heterocycles. The fourth-order valence-electron chi connectivity index (χ4n) is 2.17. The standard InChI is InChI=1S/C12H11FN2O4/c13-8-3-6(12(17)18)4-9-10(8)11(16)14-15(9)5-7-1-2-19-7/h3-4,7H,1-2,5H2,(H,14,16)(H,17,18). The molecule has 0 saturated carbocycles. The summed E-state index contributed by atoms with van der Waals surface area (Å²) in [5.74, 6) is -2.06. The van der Waals surface area contributed by atoms with E-state index in [-0.39, 0.29) is 22.6 Å². The number of carboxylic acids is 1. The van der Waals surface area contributed by atoms with Crippen LogP contribution in [0, 0.1) is 5.82 Å². The maximum absolute atomic E-state index is 13.8. The van der Waals surface area contributed by atoms with Crippen LogP contribution in [0.25, 0.3) is 10.9 Å². The van der Waals surface area contributed by atoms with Crippen molar-refractivity contribution in [2.45, 2.75) is 19.1 Å². The number of hydrogen-bond acceptors (Lipinski definition) is 3. The summed E-state index contributed by atoms with van der Waals surface area (Å²) < 4.78 is 20.5. The second-order valence-corrected chi connectivity index (χ2v) is 4.49. The molecule has 3 rings (SSSR count). The normalized spacial score (nSPS) is 18.5. The molecule has 19 heavy (non-hydrogen) atoms. The molecule has 1 atom stereocenters. The van der Waals surface area contributed by atoms with Gasteiger partial charge in [-0.15, -0.1) is 0 Å². The summed E-state index contributed by atoms with van der Waals surface area (Å²) in [4.78, 5) is 22.6. The van der Waals surface area contributed by atoms with Crippen molar-refractivity contribution in [2.24, 2.45) is 0 Å². The molecule has 100 valence electrons. The van der Waals surface area contributed by atoms with Crippen molar-refractivity contribution in [3.8, 4) is 0 Å². The second kappa shape index (κ2) is 4.20. The molecule has 1 aromatic carbocycles. The second-order valence-electron chi connectivity index (χ2n) is 4.49. The van der Waals surface area contributed by atoms with E-state index in [1.807, 2.05) is 0 Å². The van der Waals surface area contributed by atoms with Crippen LogP contribution >= 0.6 is 0 Å². The Balaban J connectivity index is 2.16. The molecule has 1 aromatic heterocycles. The Morgan fingerprint density at radius 3 is 2.89 bits per heavy atom. The van der Waals surface area contributed by atoms with Crippen molar-refractivity contribution in [3.05, 3.63) is 33.9 Å². The molecular weight excluding hydrogens is 255 g/mol. The van der Waals surface area contributed by atoms with Crippen LogP contribution in [0.15, 0.2) is 16.9 Å². The summed E-state index contributed by atoms with van der Waals surface area (Å²) in [5.41, 5.74) is -0.506. The van der Waals surface area contributed by atoms with Crippen molar-refractivity contribution in [1.29, 1.82) is 0 Å². The molecule has 1 aliphatic rings. The molecule has 6 nitrogen and oxygen atoms in total. The van der Waals surface area contributed by atoms with Crippen LogP contribution in [0.5, 0.6) is 0 Å². The minimum Gasteiger partial charge on any atom is -0.478 e. The van der Waals surface area contributed by atoms with E-state index in [2.05, 4.69) is 5.10 Å². The molecule has 0 spiro atoms. The zero-order chi connectivity index (χ0) is 13.6. The maximum atomic E-state index is 13.8. The first-order chi connectivity index (χ1) is 9.06. The zero-order valence-electron chi connectivity index (χ0n) is 9.85. The van der Waals surface area contributed by atoms with Gasteiger partial charge in [-0.3, -0.25) is 14.6 Å². The molecule has 0 amide bonds. The Morgan fingerprint density at radius 2 is 2.32 bits per heavy atom. The molecule has 2 aromatic rings. The lowest BCUT2D eigenvalue weighted by molar-refractivity contribution is -0.0603. The lowest BCUT2D eigenvalue weighted by Crippen LogP contribution is -2.31. The van der Waals surface area contributed by atoms with E-state index in [9.17, 15) is 14.0 Å². The highest BCUT2D eigenvalue weighted by Crippen LogP contribution is 2.20. The van der Waals surface area contributed by atoms with Gasteiger partial charge in [-0.2, -0.15) is 0 Å². The van der Waals surface area contributed by atoms with Crippen molar-refractivity contribution >= 4 is 16.9 Å². The van der Waals surface area contributed by atoms with E-state index in [1.54, 1.807) is 0 Å². The number of H-pyrrole nitrogens is 1. The molecule has 1 saturated heterocycles. The number of fused-ring (bicyclic) bond motifs is 1. The Hall–Kier alpha value is -2.15.